The average molecular weight is 397 g/mol. The molecule has 28 heavy (non-hydrogen) atoms. The Bertz CT molecular complexity index is 818. The second kappa shape index (κ2) is 8.66. The standard InChI is InChI=1S/C22H28N3O2P/c1-4-27-22(26)17-18(2)19(3)28(23)24(20-11-7-5-8-12-20)15-16-25(28)21-13-9-6-10-14-21/h5-14,18,23H,3-4,15-17H2,1-2H3. The van der Waals surface area contributed by atoms with Crippen molar-refractivity contribution in [1.82, 2.24) is 0 Å². The van der Waals surface area contributed by atoms with Crippen LogP contribution in [0.3, 0.4) is 0 Å². The summed E-state index contributed by atoms with van der Waals surface area (Å²) < 4.78 is 9.47. The van der Waals surface area contributed by atoms with Crippen LogP contribution in [0, 0.1) is 11.1 Å². The van der Waals surface area contributed by atoms with Crippen molar-refractivity contribution in [3.63, 3.8) is 0 Å². The van der Waals surface area contributed by atoms with E-state index in [2.05, 4.69) is 15.9 Å². The van der Waals surface area contributed by atoms with Crippen LogP contribution in [0.15, 0.2) is 72.6 Å². The second-order valence-corrected chi connectivity index (χ2v) is 9.66. The molecule has 3 rings (SSSR count). The summed E-state index contributed by atoms with van der Waals surface area (Å²) in [7, 11) is -2.69. The highest BCUT2D eigenvalue weighted by atomic mass is 31.2. The number of nitrogens with one attached hydrogen (secondary N) is 1. The number of nitrogens with zero attached hydrogens (tertiary/aromatic N) is 2. The molecule has 6 heteroatoms. The van der Waals surface area contributed by atoms with Crippen LogP contribution in [0.25, 0.3) is 0 Å². The smallest absolute Gasteiger partial charge is 0.306 e. The van der Waals surface area contributed by atoms with Crippen LogP contribution in [0.1, 0.15) is 20.3 Å². The summed E-state index contributed by atoms with van der Waals surface area (Å²) in [6, 6.07) is 20.1. The number of hydrogen-bond acceptors (Lipinski definition) is 3. The molecule has 1 aliphatic rings. The van der Waals surface area contributed by atoms with Gasteiger partial charge in [-0.05, 0) is 37.1 Å². The number of benzene rings is 2. The fraction of sp³-hybridized carbons (Fsp3) is 0.318. The number of ether oxygens (including phenoxy) is 1. The highest BCUT2D eigenvalue weighted by Gasteiger charge is 2.43. The van der Waals surface area contributed by atoms with E-state index in [1.807, 2.05) is 74.5 Å². The Kier molecular flexibility index (Phi) is 6.25. The fourth-order valence-electron chi connectivity index (χ4n) is 3.61. The molecule has 1 heterocycles. The van der Waals surface area contributed by atoms with Crippen molar-refractivity contribution < 1.29 is 9.53 Å². The maximum Gasteiger partial charge on any atom is 0.306 e. The minimum Gasteiger partial charge on any atom is -0.466 e. The summed E-state index contributed by atoms with van der Waals surface area (Å²) in [6.07, 6.45) is 0.249. The Labute approximate surface area is 167 Å². The normalized spacial score (nSPS) is 16.6. The van der Waals surface area contributed by atoms with Gasteiger partial charge in [0.05, 0.1) is 13.0 Å². The summed E-state index contributed by atoms with van der Waals surface area (Å²) in [4.78, 5) is 12.0. The molecule has 1 saturated heterocycles. The molecule has 0 bridgehead atoms. The fourth-order valence-corrected chi connectivity index (χ4v) is 6.89. The van der Waals surface area contributed by atoms with E-state index >= 15 is 0 Å². The van der Waals surface area contributed by atoms with Crippen LogP contribution in [0.4, 0.5) is 11.4 Å². The van der Waals surface area contributed by atoms with Crippen molar-refractivity contribution >= 4 is 24.7 Å². The van der Waals surface area contributed by atoms with Gasteiger partial charge in [0, 0.05) is 29.8 Å². The summed E-state index contributed by atoms with van der Waals surface area (Å²) in [5, 5.41) is 10.5. The van der Waals surface area contributed by atoms with Gasteiger partial charge in [-0.2, -0.15) is 0 Å². The Morgan fingerprint density at radius 2 is 1.54 bits per heavy atom. The molecule has 2 aromatic carbocycles. The number of hydrogen-bond donors (Lipinski definition) is 1. The minimum absolute atomic E-state index is 0.139. The molecular weight excluding hydrogens is 369 g/mol. The van der Waals surface area contributed by atoms with E-state index in [1.165, 1.54) is 0 Å². The SMILES string of the molecule is C=C(C(C)CC(=O)OCC)P1(=N)N(c2ccccc2)CCN1c1ccccc1. The summed E-state index contributed by atoms with van der Waals surface area (Å²) >= 11 is 0. The molecule has 0 radical (unpaired) electrons. The van der Waals surface area contributed by atoms with Crippen molar-refractivity contribution in [2.45, 2.75) is 20.3 Å². The van der Waals surface area contributed by atoms with Crippen molar-refractivity contribution in [1.29, 1.82) is 5.16 Å². The first-order valence-electron chi connectivity index (χ1n) is 9.63. The lowest BCUT2D eigenvalue weighted by Crippen LogP contribution is -2.23. The minimum atomic E-state index is -2.69. The van der Waals surface area contributed by atoms with Gasteiger partial charge in [-0.25, -0.2) is 0 Å². The number of allylic oxidation sites excluding steroid dienone is 1. The van der Waals surface area contributed by atoms with Crippen LogP contribution in [0.2, 0.25) is 0 Å². The molecule has 1 atom stereocenters. The van der Waals surface area contributed by atoms with Crippen LogP contribution in [-0.4, -0.2) is 25.7 Å². The molecule has 148 valence electrons. The number of carbonyl (C=O) groups is 1. The van der Waals surface area contributed by atoms with Crippen molar-refractivity contribution in [3.8, 4) is 0 Å². The van der Waals surface area contributed by atoms with Gasteiger partial charge in [0.1, 0.15) is 0 Å². The number of esters is 1. The van der Waals surface area contributed by atoms with Gasteiger partial charge in [0.2, 0.25) is 0 Å². The highest BCUT2D eigenvalue weighted by Crippen LogP contribution is 2.67. The molecule has 0 saturated carbocycles. The van der Waals surface area contributed by atoms with Gasteiger partial charge in [-0.3, -0.25) is 9.96 Å². The number of para-hydroxylation sites is 2. The maximum atomic E-state index is 12.0. The second-order valence-electron chi connectivity index (χ2n) is 6.92. The first-order valence-corrected chi connectivity index (χ1v) is 11.3. The van der Waals surface area contributed by atoms with Crippen LogP contribution in [0.5, 0.6) is 0 Å². The highest BCUT2D eigenvalue weighted by molar-refractivity contribution is 7.72. The van der Waals surface area contributed by atoms with E-state index in [1.54, 1.807) is 0 Å². The lowest BCUT2D eigenvalue weighted by Gasteiger charge is -2.39. The van der Waals surface area contributed by atoms with Gasteiger partial charge >= 0.3 is 5.97 Å². The van der Waals surface area contributed by atoms with Gasteiger partial charge in [0.25, 0.3) is 0 Å². The summed E-state index contributed by atoms with van der Waals surface area (Å²) in [5.74, 6) is -0.375. The predicted molar refractivity (Wildman–Crippen MR) is 117 cm³/mol. The Morgan fingerprint density at radius 1 is 1.07 bits per heavy atom. The number of anilines is 2. The lowest BCUT2D eigenvalue weighted by atomic mass is 10.1. The first-order chi connectivity index (χ1) is 13.5. The largest absolute Gasteiger partial charge is 0.466 e. The third-order valence-corrected chi connectivity index (χ3v) is 8.58. The zero-order valence-corrected chi connectivity index (χ0v) is 17.4. The number of carbonyl (C=O) groups excluding carboxylic acids is 1. The quantitative estimate of drug-likeness (QED) is 0.479. The molecule has 1 fully saturated rings. The van der Waals surface area contributed by atoms with Crippen molar-refractivity contribution in [2.75, 3.05) is 29.0 Å². The molecule has 0 spiro atoms. The van der Waals surface area contributed by atoms with Crippen LogP contribution >= 0.6 is 7.36 Å². The van der Waals surface area contributed by atoms with E-state index in [9.17, 15) is 9.96 Å². The molecule has 2 aromatic rings. The van der Waals surface area contributed by atoms with E-state index in [0.29, 0.717) is 6.61 Å². The Morgan fingerprint density at radius 3 is 1.96 bits per heavy atom. The maximum absolute atomic E-state index is 12.0. The zero-order valence-electron chi connectivity index (χ0n) is 16.5. The van der Waals surface area contributed by atoms with E-state index in [0.717, 1.165) is 29.8 Å². The van der Waals surface area contributed by atoms with E-state index in [4.69, 9.17) is 4.74 Å². The Balaban J connectivity index is 1.98. The monoisotopic (exact) mass is 397 g/mol. The van der Waals surface area contributed by atoms with E-state index < -0.39 is 7.36 Å². The van der Waals surface area contributed by atoms with Crippen LogP contribution < -0.4 is 9.34 Å². The molecule has 1 aliphatic heterocycles. The molecule has 0 aliphatic carbocycles. The van der Waals surface area contributed by atoms with E-state index in [-0.39, 0.29) is 18.3 Å². The molecule has 0 aromatic heterocycles. The molecule has 1 N–H and O–H groups in total. The third kappa shape index (κ3) is 3.85. The van der Waals surface area contributed by atoms with Gasteiger partial charge in [-0.1, -0.05) is 49.9 Å². The summed E-state index contributed by atoms with van der Waals surface area (Å²) in [5.41, 5.74) is 2.04. The lowest BCUT2D eigenvalue weighted by molar-refractivity contribution is -0.143. The average Bonchev–Trinajstić information content (AvgIpc) is 3.07. The number of rotatable bonds is 7. The molecule has 5 nitrogen and oxygen atoms in total. The van der Waals surface area contributed by atoms with Gasteiger partial charge in [0.15, 0.2) is 7.36 Å². The predicted octanol–water partition coefficient (Wildman–Crippen LogP) is 5.73. The topological polar surface area (TPSA) is 56.6 Å². The first kappa shape index (κ1) is 20.2. The van der Waals surface area contributed by atoms with Crippen molar-refractivity contribution in [3.05, 3.63) is 72.6 Å². The summed E-state index contributed by atoms with van der Waals surface area (Å²) in [6.45, 7) is 9.99. The molecule has 1 unspecified atom stereocenters. The van der Waals surface area contributed by atoms with Gasteiger partial charge < -0.3 is 14.1 Å². The van der Waals surface area contributed by atoms with Crippen LogP contribution in [-0.2, 0) is 9.53 Å². The molecular formula is C22H28N3O2P. The Hall–Kier alpha value is -2.52. The molecule has 0 amide bonds. The third-order valence-electron chi connectivity index (χ3n) is 5.08. The van der Waals surface area contributed by atoms with Gasteiger partial charge in [-0.15, -0.1) is 0 Å². The zero-order chi connectivity index (χ0) is 20.1. The van der Waals surface area contributed by atoms with Crippen molar-refractivity contribution in [2.24, 2.45) is 5.92 Å².